The van der Waals surface area contributed by atoms with E-state index in [0.717, 1.165) is 57.1 Å². The van der Waals surface area contributed by atoms with Crippen molar-refractivity contribution in [1.29, 1.82) is 0 Å². The van der Waals surface area contributed by atoms with Crippen LogP contribution in [0.5, 0.6) is 0 Å². The molecule has 0 amide bonds. The number of nitrogens with zero attached hydrogens (tertiary/aromatic N) is 1. The number of halogens is 2. The minimum atomic E-state index is 0.702. The van der Waals surface area contributed by atoms with E-state index in [9.17, 15) is 0 Å². The zero-order valence-corrected chi connectivity index (χ0v) is 14.8. The molecule has 0 aliphatic rings. The lowest BCUT2D eigenvalue weighted by atomic mass is 10.1. The van der Waals surface area contributed by atoms with Gasteiger partial charge >= 0.3 is 0 Å². The molecule has 2 N–H and O–H groups in total. The molecule has 0 heterocycles. The quantitative estimate of drug-likeness (QED) is 0.409. The first-order valence-corrected chi connectivity index (χ1v) is 8.39. The summed E-state index contributed by atoms with van der Waals surface area (Å²) in [4.78, 5) is 4.20. The third-order valence-electron chi connectivity index (χ3n) is 3.16. The molecule has 0 spiro atoms. The van der Waals surface area contributed by atoms with E-state index in [-0.39, 0.29) is 0 Å². The lowest BCUT2D eigenvalue weighted by Crippen LogP contribution is -2.38. The van der Waals surface area contributed by atoms with Crippen molar-refractivity contribution in [2.75, 3.05) is 33.4 Å². The molecular formula is C16H25Cl2N3O. The summed E-state index contributed by atoms with van der Waals surface area (Å²) in [7, 11) is 1.76. The van der Waals surface area contributed by atoms with Crippen molar-refractivity contribution in [2.24, 2.45) is 4.99 Å². The van der Waals surface area contributed by atoms with Crippen LogP contribution in [-0.2, 0) is 11.2 Å². The average molecular weight is 346 g/mol. The number of guanidine groups is 1. The van der Waals surface area contributed by atoms with E-state index in [1.165, 1.54) is 0 Å². The minimum Gasteiger partial charge on any atom is -0.382 e. The van der Waals surface area contributed by atoms with Crippen LogP contribution in [0.15, 0.2) is 23.2 Å². The van der Waals surface area contributed by atoms with Crippen molar-refractivity contribution >= 4 is 29.2 Å². The van der Waals surface area contributed by atoms with Gasteiger partial charge in [-0.3, -0.25) is 4.99 Å². The van der Waals surface area contributed by atoms with Crippen LogP contribution in [0.3, 0.4) is 0 Å². The van der Waals surface area contributed by atoms with Crippen molar-refractivity contribution < 1.29 is 4.74 Å². The van der Waals surface area contributed by atoms with Crippen LogP contribution in [0.25, 0.3) is 0 Å². The summed E-state index contributed by atoms with van der Waals surface area (Å²) < 4.78 is 5.30. The molecule has 1 aromatic carbocycles. The Morgan fingerprint density at radius 1 is 1.14 bits per heavy atom. The van der Waals surface area contributed by atoms with Crippen LogP contribution >= 0.6 is 23.2 Å². The van der Waals surface area contributed by atoms with Crippen LogP contribution in [0.2, 0.25) is 10.0 Å². The van der Waals surface area contributed by atoms with Gasteiger partial charge in [-0.1, -0.05) is 29.3 Å². The first kappa shape index (κ1) is 19.1. The van der Waals surface area contributed by atoms with Crippen molar-refractivity contribution in [3.63, 3.8) is 0 Å². The topological polar surface area (TPSA) is 45.6 Å². The lowest BCUT2D eigenvalue weighted by Gasteiger charge is -2.13. The fraction of sp³-hybridized carbons (Fsp3) is 0.562. The molecule has 0 aliphatic carbocycles. The summed E-state index contributed by atoms with van der Waals surface area (Å²) in [5.41, 5.74) is 0.963. The van der Waals surface area contributed by atoms with Crippen LogP contribution in [0, 0.1) is 0 Å². The molecule has 0 aromatic heterocycles. The fourth-order valence-corrected chi connectivity index (χ4v) is 2.56. The lowest BCUT2D eigenvalue weighted by molar-refractivity contribution is 0.143. The molecule has 124 valence electrons. The van der Waals surface area contributed by atoms with E-state index in [2.05, 4.69) is 15.6 Å². The zero-order valence-electron chi connectivity index (χ0n) is 13.3. The van der Waals surface area contributed by atoms with Gasteiger partial charge in [0, 0.05) is 43.4 Å². The maximum atomic E-state index is 6.15. The second-order valence-electron chi connectivity index (χ2n) is 4.78. The molecule has 0 saturated carbocycles. The van der Waals surface area contributed by atoms with Crippen molar-refractivity contribution in [3.8, 4) is 0 Å². The summed E-state index contributed by atoms with van der Waals surface area (Å²) >= 11 is 12.3. The molecule has 6 heteroatoms. The van der Waals surface area contributed by atoms with Crippen molar-refractivity contribution in [1.82, 2.24) is 10.6 Å². The van der Waals surface area contributed by atoms with Gasteiger partial charge in [0.1, 0.15) is 0 Å². The van der Waals surface area contributed by atoms with Gasteiger partial charge in [-0.05, 0) is 43.9 Å². The van der Waals surface area contributed by atoms with Gasteiger partial charge < -0.3 is 15.4 Å². The van der Waals surface area contributed by atoms with E-state index >= 15 is 0 Å². The van der Waals surface area contributed by atoms with E-state index in [1.54, 1.807) is 7.05 Å². The largest absolute Gasteiger partial charge is 0.382 e. The molecule has 1 aromatic rings. The Bertz CT molecular complexity index is 446. The highest BCUT2D eigenvalue weighted by atomic mass is 35.5. The number of hydrogen-bond acceptors (Lipinski definition) is 2. The smallest absolute Gasteiger partial charge is 0.190 e. The monoisotopic (exact) mass is 345 g/mol. The highest BCUT2D eigenvalue weighted by Crippen LogP contribution is 2.24. The Morgan fingerprint density at radius 3 is 2.45 bits per heavy atom. The van der Waals surface area contributed by atoms with E-state index < -0.39 is 0 Å². The number of aliphatic imine (C=N–C) groups is 1. The number of unbranched alkanes of at least 4 members (excludes halogenated alkanes) is 1. The van der Waals surface area contributed by atoms with Crippen LogP contribution in [-0.4, -0.2) is 39.3 Å². The molecule has 0 bridgehead atoms. The maximum absolute atomic E-state index is 6.15. The van der Waals surface area contributed by atoms with Crippen molar-refractivity contribution in [2.45, 2.75) is 26.2 Å². The van der Waals surface area contributed by atoms with Crippen LogP contribution in [0.4, 0.5) is 0 Å². The fourth-order valence-electron chi connectivity index (χ4n) is 1.98. The molecule has 22 heavy (non-hydrogen) atoms. The van der Waals surface area contributed by atoms with Gasteiger partial charge in [0.15, 0.2) is 5.96 Å². The summed E-state index contributed by atoms with van der Waals surface area (Å²) in [6, 6.07) is 5.56. The summed E-state index contributed by atoms with van der Waals surface area (Å²) in [5.74, 6) is 0.791. The Hall–Kier alpha value is -0.970. The Morgan fingerprint density at radius 2 is 1.82 bits per heavy atom. The first-order chi connectivity index (χ1) is 10.7. The van der Waals surface area contributed by atoms with E-state index in [0.29, 0.717) is 10.0 Å². The summed E-state index contributed by atoms with van der Waals surface area (Å²) in [6.45, 7) is 5.20. The van der Waals surface area contributed by atoms with Gasteiger partial charge in [0.25, 0.3) is 0 Å². The number of benzene rings is 1. The average Bonchev–Trinajstić information content (AvgIpc) is 2.51. The first-order valence-electron chi connectivity index (χ1n) is 7.64. The second-order valence-corrected chi connectivity index (χ2v) is 5.59. The molecule has 1 rings (SSSR count). The molecule has 0 saturated heterocycles. The molecular weight excluding hydrogens is 321 g/mol. The standard InChI is InChI=1S/C16H25Cl2N3O/c1-3-22-12-5-4-10-20-16(19-2)21-11-9-13-14(17)7-6-8-15(13)18/h6-8H,3-5,9-12H2,1-2H3,(H2,19,20,21). The van der Waals surface area contributed by atoms with Crippen LogP contribution < -0.4 is 10.6 Å². The Balaban J connectivity index is 2.24. The Kier molecular flexibility index (Phi) is 10.0. The summed E-state index contributed by atoms with van der Waals surface area (Å²) in [5, 5.41) is 7.95. The molecule has 0 unspecified atom stereocenters. The Labute approximate surface area is 143 Å². The van der Waals surface area contributed by atoms with Gasteiger partial charge in [0.2, 0.25) is 0 Å². The number of nitrogens with one attached hydrogen (secondary N) is 2. The van der Waals surface area contributed by atoms with Gasteiger partial charge in [0.05, 0.1) is 0 Å². The van der Waals surface area contributed by atoms with Gasteiger partial charge in [-0.25, -0.2) is 0 Å². The predicted octanol–water partition coefficient (Wildman–Crippen LogP) is 3.52. The summed E-state index contributed by atoms with van der Waals surface area (Å²) in [6.07, 6.45) is 2.85. The molecule has 0 atom stereocenters. The number of hydrogen-bond donors (Lipinski definition) is 2. The highest BCUT2D eigenvalue weighted by molar-refractivity contribution is 6.35. The van der Waals surface area contributed by atoms with Gasteiger partial charge in [-0.2, -0.15) is 0 Å². The molecule has 0 aliphatic heterocycles. The second kappa shape index (κ2) is 11.6. The molecule has 0 fully saturated rings. The number of rotatable bonds is 9. The zero-order chi connectivity index (χ0) is 16.2. The van der Waals surface area contributed by atoms with E-state index in [1.807, 2.05) is 25.1 Å². The predicted molar refractivity (Wildman–Crippen MR) is 95.3 cm³/mol. The third kappa shape index (κ3) is 7.34. The SMILES string of the molecule is CCOCCCCNC(=NC)NCCc1c(Cl)cccc1Cl. The number of ether oxygens (including phenoxy) is 1. The highest BCUT2D eigenvalue weighted by Gasteiger charge is 2.05. The van der Waals surface area contributed by atoms with Gasteiger partial charge in [-0.15, -0.1) is 0 Å². The normalized spacial score (nSPS) is 11.5. The minimum absolute atomic E-state index is 0.702. The molecule has 4 nitrogen and oxygen atoms in total. The van der Waals surface area contributed by atoms with Crippen molar-refractivity contribution in [3.05, 3.63) is 33.8 Å². The molecule has 0 radical (unpaired) electrons. The maximum Gasteiger partial charge on any atom is 0.190 e. The third-order valence-corrected chi connectivity index (χ3v) is 3.87. The van der Waals surface area contributed by atoms with Crippen LogP contribution in [0.1, 0.15) is 25.3 Å². The van der Waals surface area contributed by atoms with E-state index in [4.69, 9.17) is 27.9 Å².